The third-order valence-electron chi connectivity index (χ3n) is 5.90. The van der Waals surface area contributed by atoms with Crippen molar-refractivity contribution in [2.45, 2.75) is 58.8 Å². The van der Waals surface area contributed by atoms with E-state index in [0.717, 1.165) is 68.8 Å². The molecule has 26 heavy (non-hydrogen) atoms. The van der Waals surface area contributed by atoms with Crippen molar-refractivity contribution in [3.8, 4) is 0 Å². The molecule has 0 unspecified atom stereocenters. The van der Waals surface area contributed by atoms with Crippen molar-refractivity contribution in [1.82, 2.24) is 14.8 Å². The van der Waals surface area contributed by atoms with Gasteiger partial charge in [-0.25, -0.2) is 0 Å². The number of aryl methyl sites for hydroxylation is 1. The van der Waals surface area contributed by atoms with Gasteiger partial charge in [-0.15, -0.1) is 0 Å². The second-order valence-corrected chi connectivity index (χ2v) is 7.87. The van der Waals surface area contributed by atoms with Crippen molar-refractivity contribution in [3.05, 3.63) is 29.1 Å². The molecule has 0 saturated carbocycles. The predicted molar refractivity (Wildman–Crippen MR) is 102 cm³/mol. The number of piperidine rings is 2. The van der Waals surface area contributed by atoms with Crippen molar-refractivity contribution >= 4 is 11.8 Å². The number of amides is 2. The highest BCUT2D eigenvalue weighted by atomic mass is 16.2. The number of carbonyl (C=O) groups excluding carboxylic acids is 2. The van der Waals surface area contributed by atoms with Gasteiger partial charge in [0, 0.05) is 44.2 Å². The molecule has 0 atom stereocenters. The minimum absolute atomic E-state index is 0.131. The van der Waals surface area contributed by atoms with E-state index in [4.69, 9.17) is 4.98 Å². The zero-order valence-corrected chi connectivity index (χ0v) is 16.3. The van der Waals surface area contributed by atoms with Crippen LogP contribution in [-0.4, -0.2) is 52.8 Å². The highest BCUT2D eigenvalue weighted by molar-refractivity contribution is 5.95. The lowest BCUT2D eigenvalue weighted by atomic mass is 9.89. The number of hydrogen-bond donors (Lipinski definition) is 0. The molecule has 142 valence electrons. The van der Waals surface area contributed by atoms with Crippen molar-refractivity contribution in [1.29, 1.82) is 0 Å². The Balaban J connectivity index is 1.76. The van der Waals surface area contributed by atoms with Gasteiger partial charge in [0.25, 0.3) is 5.91 Å². The summed E-state index contributed by atoms with van der Waals surface area (Å²) >= 11 is 0. The topological polar surface area (TPSA) is 53.5 Å². The average Bonchev–Trinajstić information content (AvgIpc) is 2.67. The second-order valence-electron chi connectivity index (χ2n) is 7.87. The molecule has 0 spiro atoms. The molecular weight excluding hydrogens is 326 g/mol. The molecule has 0 bridgehead atoms. The zero-order chi connectivity index (χ0) is 18.7. The number of aromatic nitrogens is 1. The standard InChI is InChI=1S/C21H31N3O2/c1-4-19(25)23-13-9-17(10-14-23)20-18(6-5-16(3)22-20)21(26)24-11-7-15(2)8-12-24/h5-6,15,17H,4,7-14H2,1-3H3. The van der Waals surface area contributed by atoms with Gasteiger partial charge in [-0.3, -0.25) is 14.6 Å². The quantitative estimate of drug-likeness (QED) is 0.833. The molecule has 1 aromatic heterocycles. The first-order valence-corrected chi connectivity index (χ1v) is 10.0. The summed E-state index contributed by atoms with van der Waals surface area (Å²) in [4.78, 5) is 33.7. The van der Waals surface area contributed by atoms with Crippen LogP contribution in [0.1, 0.15) is 73.6 Å². The van der Waals surface area contributed by atoms with Crippen LogP contribution in [0, 0.1) is 12.8 Å². The fourth-order valence-electron chi connectivity index (χ4n) is 4.08. The van der Waals surface area contributed by atoms with E-state index in [0.29, 0.717) is 12.3 Å². The summed E-state index contributed by atoms with van der Waals surface area (Å²) in [6.45, 7) is 9.37. The minimum atomic E-state index is 0.131. The number of likely N-dealkylation sites (tertiary alicyclic amines) is 2. The normalized spacial score (nSPS) is 19.7. The largest absolute Gasteiger partial charge is 0.343 e. The fraction of sp³-hybridized carbons (Fsp3) is 0.667. The molecular formula is C21H31N3O2. The maximum Gasteiger partial charge on any atom is 0.255 e. The van der Waals surface area contributed by atoms with Crippen LogP contribution < -0.4 is 0 Å². The fourth-order valence-corrected chi connectivity index (χ4v) is 4.08. The Hall–Kier alpha value is -1.91. The van der Waals surface area contributed by atoms with Crippen LogP contribution in [0.4, 0.5) is 0 Å². The van der Waals surface area contributed by atoms with Crippen LogP contribution in [0.25, 0.3) is 0 Å². The highest BCUT2D eigenvalue weighted by Gasteiger charge is 2.29. The van der Waals surface area contributed by atoms with Gasteiger partial charge in [0.1, 0.15) is 0 Å². The maximum absolute atomic E-state index is 13.1. The number of pyridine rings is 1. The third kappa shape index (κ3) is 4.08. The van der Waals surface area contributed by atoms with Gasteiger partial charge in [0.2, 0.25) is 5.91 Å². The summed E-state index contributed by atoms with van der Waals surface area (Å²) in [5, 5.41) is 0. The number of hydrogen-bond acceptors (Lipinski definition) is 3. The Bertz CT molecular complexity index is 657. The summed E-state index contributed by atoms with van der Waals surface area (Å²) in [6.07, 6.45) is 4.50. The monoisotopic (exact) mass is 357 g/mol. The van der Waals surface area contributed by atoms with Crippen LogP contribution >= 0.6 is 0 Å². The Kier molecular flexibility index (Phi) is 5.94. The molecule has 5 nitrogen and oxygen atoms in total. The van der Waals surface area contributed by atoms with E-state index in [9.17, 15) is 9.59 Å². The van der Waals surface area contributed by atoms with E-state index >= 15 is 0 Å². The van der Waals surface area contributed by atoms with Crippen molar-refractivity contribution < 1.29 is 9.59 Å². The third-order valence-corrected chi connectivity index (χ3v) is 5.90. The smallest absolute Gasteiger partial charge is 0.255 e. The molecule has 0 aromatic carbocycles. The summed E-state index contributed by atoms with van der Waals surface area (Å²) < 4.78 is 0. The van der Waals surface area contributed by atoms with Crippen LogP contribution in [-0.2, 0) is 4.79 Å². The Morgan fingerprint density at radius 2 is 1.65 bits per heavy atom. The predicted octanol–water partition coefficient (Wildman–Crippen LogP) is 3.38. The SMILES string of the molecule is CCC(=O)N1CCC(c2nc(C)ccc2C(=O)N2CCC(C)CC2)CC1. The van der Waals surface area contributed by atoms with E-state index in [1.807, 2.05) is 35.8 Å². The van der Waals surface area contributed by atoms with Gasteiger partial charge in [-0.1, -0.05) is 13.8 Å². The van der Waals surface area contributed by atoms with Crippen LogP contribution in [0.3, 0.4) is 0 Å². The Morgan fingerprint density at radius 3 is 2.27 bits per heavy atom. The molecule has 5 heteroatoms. The summed E-state index contributed by atoms with van der Waals surface area (Å²) in [7, 11) is 0. The first-order valence-electron chi connectivity index (χ1n) is 10.0. The minimum Gasteiger partial charge on any atom is -0.343 e. The van der Waals surface area contributed by atoms with Gasteiger partial charge in [-0.05, 0) is 50.7 Å². The van der Waals surface area contributed by atoms with Crippen molar-refractivity contribution in [2.24, 2.45) is 5.92 Å². The van der Waals surface area contributed by atoms with E-state index in [1.165, 1.54) is 0 Å². The molecule has 3 heterocycles. The molecule has 0 radical (unpaired) electrons. The van der Waals surface area contributed by atoms with E-state index in [1.54, 1.807) is 0 Å². The van der Waals surface area contributed by atoms with Gasteiger partial charge in [0.05, 0.1) is 11.3 Å². The molecule has 1 aromatic rings. The molecule has 0 aliphatic carbocycles. The van der Waals surface area contributed by atoms with Crippen LogP contribution in [0.15, 0.2) is 12.1 Å². The summed E-state index contributed by atoms with van der Waals surface area (Å²) in [5.41, 5.74) is 2.67. The number of carbonyl (C=O) groups is 2. The molecule has 2 amide bonds. The highest BCUT2D eigenvalue weighted by Crippen LogP contribution is 2.31. The molecule has 2 fully saturated rings. The molecule has 2 aliphatic rings. The summed E-state index contributed by atoms with van der Waals surface area (Å²) in [6, 6.07) is 3.90. The summed E-state index contributed by atoms with van der Waals surface area (Å²) in [5.74, 6) is 1.32. The number of nitrogens with zero attached hydrogens (tertiary/aromatic N) is 3. The number of rotatable bonds is 3. The first-order chi connectivity index (χ1) is 12.5. The lowest BCUT2D eigenvalue weighted by Gasteiger charge is -2.34. The van der Waals surface area contributed by atoms with Crippen LogP contribution in [0.2, 0.25) is 0 Å². The van der Waals surface area contributed by atoms with E-state index < -0.39 is 0 Å². The van der Waals surface area contributed by atoms with Gasteiger partial charge >= 0.3 is 0 Å². The molecule has 0 N–H and O–H groups in total. The van der Waals surface area contributed by atoms with E-state index in [2.05, 4.69) is 6.92 Å². The molecule has 2 aliphatic heterocycles. The lowest BCUT2D eigenvalue weighted by Crippen LogP contribution is -2.40. The van der Waals surface area contributed by atoms with Crippen molar-refractivity contribution in [3.63, 3.8) is 0 Å². The van der Waals surface area contributed by atoms with E-state index in [-0.39, 0.29) is 17.7 Å². The Labute approximate surface area is 156 Å². The van der Waals surface area contributed by atoms with Crippen LogP contribution in [0.5, 0.6) is 0 Å². The van der Waals surface area contributed by atoms with Gasteiger partial charge < -0.3 is 9.80 Å². The first kappa shape index (κ1) is 18.9. The van der Waals surface area contributed by atoms with Crippen molar-refractivity contribution in [2.75, 3.05) is 26.2 Å². The maximum atomic E-state index is 13.1. The second kappa shape index (κ2) is 8.19. The average molecular weight is 357 g/mol. The van der Waals surface area contributed by atoms with Gasteiger partial charge in [0.15, 0.2) is 0 Å². The molecule has 2 saturated heterocycles. The van der Waals surface area contributed by atoms with Gasteiger partial charge in [-0.2, -0.15) is 0 Å². The molecule has 3 rings (SSSR count). The zero-order valence-electron chi connectivity index (χ0n) is 16.3. The lowest BCUT2D eigenvalue weighted by molar-refractivity contribution is -0.131. The Morgan fingerprint density at radius 1 is 1.04 bits per heavy atom.